The fourth-order valence-corrected chi connectivity index (χ4v) is 4.54. The second kappa shape index (κ2) is 8.17. The summed E-state index contributed by atoms with van der Waals surface area (Å²) < 4.78 is 1.84. The summed E-state index contributed by atoms with van der Waals surface area (Å²) in [6.45, 7) is 3.96. The predicted molar refractivity (Wildman–Crippen MR) is 128 cm³/mol. The number of hydrogen-bond acceptors (Lipinski definition) is 2. The Hall–Kier alpha value is -2.15. The molecule has 0 saturated carbocycles. The molecule has 0 spiro atoms. The Morgan fingerprint density at radius 3 is 2.07 bits per heavy atom. The molecule has 4 rings (SSSR count). The fourth-order valence-electron chi connectivity index (χ4n) is 4.01. The van der Waals surface area contributed by atoms with E-state index in [0.717, 1.165) is 26.6 Å². The standard InChI is InChI=1S/C24H22Br2N2O2/c1-3-17-5-4-6-18(15-17)24(30)16(2)27(21-11-7-19(25)8-12-21)23(29)28(24)22-13-9-20(26)10-14-22/h4-16,30H,3H2,1-2H3/t16-,24?/m0/s1. The van der Waals surface area contributed by atoms with E-state index >= 15 is 0 Å². The second-order valence-corrected chi connectivity index (χ2v) is 9.23. The highest BCUT2D eigenvalue weighted by atomic mass is 79.9. The van der Waals surface area contributed by atoms with Gasteiger partial charge < -0.3 is 5.11 Å². The molecule has 0 aromatic heterocycles. The summed E-state index contributed by atoms with van der Waals surface area (Å²) in [7, 11) is 0. The molecule has 6 heteroatoms. The third kappa shape index (κ3) is 3.47. The Morgan fingerprint density at radius 2 is 1.50 bits per heavy atom. The van der Waals surface area contributed by atoms with Crippen molar-refractivity contribution < 1.29 is 9.90 Å². The normalized spacial score (nSPS) is 21.4. The first-order valence-electron chi connectivity index (χ1n) is 9.82. The van der Waals surface area contributed by atoms with Crippen LogP contribution in [0, 0.1) is 0 Å². The van der Waals surface area contributed by atoms with E-state index in [-0.39, 0.29) is 6.03 Å². The smallest absolute Gasteiger partial charge is 0.332 e. The SMILES string of the molecule is CCc1cccc(C2(O)[C@H](C)N(c3ccc(Br)cc3)C(=O)N2c2ccc(Br)cc2)c1. The molecule has 1 heterocycles. The summed E-state index contributed by atoms with van der Waals surface area (Å²) >= 11 is 6.89. The van der Waals surface area contributed by atoms with Crippen LogP contribution in [0.5, 0.6) is 0 Å². The third-order valence-electron chi connectivity index (χ3n) is 5.66. The zero-order chi connectivity index (χ0) is 21.5. The van der Waals surface area contributed by atoms with Crippen LogP contribution in [-0.2, 0) is 12.1 Å². The highest BCUT2D eigenvalue weighted by Gasteiger charge is 2.56. The van der Waals surface area contributed by atoms with Crippen molar-refractivity contribution in [3.63, 3.8) is 0 Å². The number of halogens is 2. The molecule has 3 aromatic rings. The van der Waals surface area contributed by atoms with Crippen molar-refractivity contribution in [1.29, 1.82) is 0 Å². The maximum Gasteiger partial charge on any atom is 0.332 e. The van der Waals surface area contributed by atoms with Crippen LogP contribution >= 0.6 is 31.9 Å². The van der Waals surface area contributed by atoms with E-state index in [4.69, 9.17) is 0 Å². The first-order valence-corrected chi connectivity index (χ1v) is 11.4. The Kier molecular flexibility index (Phi) is 5.75. The second-order valence-electron chi connectivity index (χ2n) is 7.40. The Labute approximate surface area is 193 Å². The number of urea groups is 1. The van der Waals surface area contributed by atoms with Gasteiger partial charge in [-0.15, -0.1) is 0 Å². The van der Waals surface area contributed by atoms with E-state index in [1.807, 2.05) is 79.7 Å². The van der Waals surface area contributed by atoms with E-state index in [9.17, 15) is 9.90 Å². The minimum atomic E-state index is -1.52. The van der Waals surface area contributed by atoms with Gasteiger partial charge in [0.15, 0.2) is 5.72 Å². The van der Waals surface area contributed by atoms with Crippen LogP contribution in [0.2, 0.25) is 0 Å². The van der Waals surface area contributed by atoms with Crippen molar-refractivity contribution in [2.75, 3.05) is 9.80 Å². The van der Waals surface area contributed by atoms with Crippen LogP contribution in [0.3, 0.4) is 0 Å². The largest absolute Gasteiger partial charge is 0.365 e. The van der Waals surface area contributed by atoms with Crippen LogP contribution in [0.25, 0.3) is 0 Å². The summed E-state index contributed by atoms with van der Waals surface area (Å²) in [5.74, 6) is 0. The monoisotopic (exact) mass is 528 g/mol. The van der Waals surface area contributed by atoms with Gasteiger partial charge in [0, 0.05) is 25.9 Å². The Bertz CT molecular complexity index is 1070. The van der Waals surface area contributed by atoms with Gasteiger partial charge in [0.2, 0.25) is 0 Å². The molecule has 4 nitrogen and oxygen atoms in total. The van der Waals surface area contributed by atoms with Crippen LogP contribution < -0.4 is 9.80 Å². The highest BCUT2D eigenvalue weighted by molar-refractivity contribution is 9.10. The average Bonchev–Trinajstić information content (AvgIpc) is 2.96. The van der Waals surface area contributed by atoms with Gasteiger partial charge in [0.05, 0.1) is 6.04 Å². The molecule has 0 bridgehead atoms. The van der Waals surface area contributed by atoms with E-state index in [0.29, 0.717) is 11.3 Å². The number of hydrogen-bond donors (Lipinski definition) is 1. The topological polar surface area (TPSA) is 43.8 Å². The molecule has 1 unspecified atom stereocenters. The molecule has 3 aromatic carbocycles. The van der Waals surface area contributed by atoms with Gasteiger partial charge in [-0.3, -0.25) is 9.80 Å². The minimum Gasteiger partial charge on any atom is -0.365 e. The van der Waals surface area contributed by atoms with Crippen LogP contribution in [0.4, 0.5) is 16.2 Å². The minimum absolute atomic E-state index is 0.267. The third-order valence-corrected chi connectivity index (χ3v) is 6.72. The first-order chi connectivity index (χ1) is 14.4. The van der Waals surface area contributed by atoms with Gasteiger partial charge in [-0.25, -0.2) is 4.79 Å². The average molecular weight is 530 g/mol. The first kappa shape index (κ1) is 21.1. The van der Waals surface area contributed by atoms with Gasteiger partial charge >= 0.3 is 6.03 Å². The number of rotatable bonds is 4. The number of nitrogens with zero attached hydrogens (tertiary/aromatic N) is 2. The zero-order valence-electron chi connectivity index (χ0n) is 16.7. The molecule has 30 heavy (non-hydrogen) atoms. The summed E-state index contributed by atoms with van der Waals surface area (Å²) in [6.07, 6.45) is 0.848. The lowest BCUT2D eigenvalue weighted by Crippen LogP contribution is -2.48. The molecule has 0 radical (unpaired) electrons. The van der Waals surface area contributed by atoms with Crippen molar-refractivity contribution in [2.24, 2.45) is 0 Å². The van der Waals surface area contributed by atoms with Gasteiger partial charge in [0.1, 0.15) is 0 Å². The summed E-state index contributed by atoms with van der Waals surface area (Å²) in [4.78, 5) is 16.9. The number of aliphatic hydroxyl groups is 1. The van der Waals surface area contributed by atoms with E-state index in [1.54, 1.807) is 4.90 Å². The molecule has 1 fully saturated rings. The van der Waals surface area contributed by atoms with Gasteiger partial charge in [-0.1, -0.05) is 63.0 Å². The van der Waals surface area contributed by atoms with Crippen LogP contribution in [-0.4, -0.2) is 17.2 Å². The molecule has 1 saturated heterocycles. The molecule has 2 atom stereocenters. The van der Waals surface area contributed by atoms with Gasteiger partial charge in [0.25, 0.3) is 0 Å². The highest BCUT2D eigenvalue weighted by Crippen LogP contribution is 2.44. The number of benzene rings is 3. The van der Waals surface area contributed by atoms with Crippen LogP contribution in [0.15, 0.2) is 81.7 Å². The molecular formula is C24H22Br2N2O2. The zero-order valence-corrected chi connectivity index (χ0v) is 19.9. The maximum absolute atomic E-state index is 13.7. The lowest BCUT2D eigenvalue weighted by atomic mass is 9.92. The summed E-state index contributed by atoms with van der Waals surface area (Å²) in [6, 6.07) is 22.1. The molecule has 2 amide bonds. The lowest BCUT2D eigenvalue weighted by Gasteiger charge is -2.36. The molecule has 0 aliphatic carbocycles. The number of aryl methyl sites for hydroxylation is 1. The number of carbonyl (C=O) groups is 1. The molecule has 1 N–H and O–H groups in total. The van der Waals surface area contributed by atoms with E-state index < -0.39 is 11.8 Å². The fraction of sp³-hybridized carbons (Fsp3) is 0.208. The number of anilines is 2. The summed E-state index contributed by atoms with van der Waals surface area (Å²) in [5, 5.41) is 12.1. The van der Waals surface area contributed by atoms with Crippen molar-refractivity contribution in [3.8, 4) is 0 Å². The van der Waals surface area contributed by atoms with Crippen molar-refractivity contribution in [1.82, 2.24) is 0 Å². The summed E-state index contributed by atoms with van der Waals surface area (Å²) in [5.41, 5.74) is 1.66. The van der Waals surface area contributed by atoms with E-state index in [2.05, 4.69) is 38.8 Å². The quantitative estimate of drug-likeness (QED) is 0.421. The Balaban J connectivity index is 1.90. The molecule has 1 aliphatic rings. The molecule has 154 valence electrons. The molecule has 1 aliphatic heterocycles. The van der Waals surface area contributed by atoms with Gasteiger partial charge in [-0.2, -0.15) is 0 Å². The van der Waals surface area contributed by atoms with Crippen molar-refractivity contribution in [2.45, 2.75) is 32.0 Å². The van der Waals surface area contributed by atoms with Gasteiger partial charge in [-0.05, 0) is 67.4 Å². The number of amides is 2. The molecular weight excluding hydrogens is 508 g/mol. The van der Waals surface area contributed by atoms with Crippen molar-refractivity contribution >= 4 is 49.3 Å². The number of carbonyl (C=O) groups excluding carboxylic acids is 1. The van der Waals surface area contributed by atoms with Crippen LogP contribution in [0.1, 0.15) is 25.0 Å². The lowest BCUT2D eigenvalue weighted by molar-refractivity contribution is 0.0371. The predicted octanol–water partition coefficient (Wildman–Crippen LogP) is 6.45. The Morgan fingerprint density at radius 1 is 0.933 bits per heavy atom. The maximum atomic E-state index is 13.7. The van der Waals surface area contributed by atoms with E-state index in [1.165, 1.54) is 4.90 Å². The van der Waals surface area contributed by atoms with Crippen molar-refractivity contribution in [3.05, 3.63) is 92.9 Å².